The summed E-state index contributed by atoms with van der Waals surface area (Å²) in [5.74, 6) is 0.660. The molecule has 0 fully saturated rings. The molecule has 0 saturated carbocycles. The Morgan fingerprint density at radius 2 is 2.11 bits per heavy atom. The monoisotopic (exact) mass is 345 g/mol. The quantitative estimate of drug-likeness (QED) is 0.886. The van der Waals surface area contributed by atoms with Gasteiger partial charge in [0, 0.05) is 6.54 Å². The van der Waals surface area contributed by atoms with Crippen molar-refractivity contribution in [3.63, 3.8) is 0 Å². The second-order valence-corrected chi connectivity index (χ2v) is 8.03. The molecule has 0 bridgehead atoms. The molecule has 0 aliphatic rings. The van der Waals surface area contributed by atoms with Crippen molar-refractivity contribution in [2.24, 2.45) is 5.92 Å². The van der Waals surface area contributed by atoms with Crippen LogP contribution in [0.2, 0.25) is 0 Å². The SMILES string of the molecule is Cc1cc(-c2nnc(CNCC(C)C)s2)sc1Br. The molecule has 0 aliphatic carbocycles. The third-order valence-electron chi connectivity index (χ3n) is 2.36. The van der Waals surface area contributed by atoms with Gasteiger partial charge in [0.05, 0.1) is 8.66 Å². The van der Waals surface area contributed by atoms with Crippen molar-refractivity contribution >= 4 is 38.6 Å². The lowest BCUT2D eigenvalue weighted by Gasteiger charge is -2.03. The number of nitrogens with zero attached hydrogens (tertiary/aromatic N) is 2. The topological polar surface area (TPSA) is 37.8 Å². The molecule has 0 unspecified atom stereocenters. The van der Waals surface area contributed by atoms with Gasteiger partial charge in [-0.15, -0.1) is 21.5 Å². The van der Waals surface area contributed by atoms with Gasteiger partial charge >= 0.3 is 0 Å². The summed E-state index contributed by atoms with van der Waals surface area (Å²) >= 11 is 6.92. The van der Waals surface area contributed by atoms with Gasteiger partial charge in [-0.3, -0.25) is 0 Å². The molecule has 18 heavy (non-hydrogen) atoms. The van der Waals surface area contributed by atoms with Crippen LogP contribution in [-0.4, -0.2) is 16.7 Å². The largest absolute Gasteiger partial charge is 0.310 e. The second kappa shape index (κ2) is 6.23. The lowest BCUT2D eigenvalue weighted by atomic mass is 10.2. The van der Waals surface area contributed by atoms with Crippen LogP contribution >= 0.6 is 38.6 Å². The number of hydrogen-bond donors (Lipinski definition) is 1. The van der Waals surface area contributed by atoms with Crippen molar-refractivity contribution in [1.29, 1.82) is 0 Å². The van der Waals surface area contributed by atoms with Gasteiger partial charge in [-0.2, -0.15) is 0 Å². The second-order valence-electron chi connectivity index (χ2n) is 4.59. The summed E-state index contributed by atoms with van der Waals surface area (Å²) in [7, 11) is 0. The maximum Gasteiger partial charge on any atom is 0.157 e. The van der Waals surface area contributed by atoms with Crippen molar-refractivity contribution in [2.75, 3.05) is 6.54 Å². The van der Waals surface area contributed by atoms with E-state index < -0.39 is 0 Å². The zero-order chi connectivity index (χ0) is 13.1. The molecular weight excluding hydrogens is 330 g/mol. The van der Waals surface area contributed by atoms with Gasteiger partial charge in [0.15, 0.2) is 5.01 Å². The highest BCUT2D eigenvalue weighted by molar-refractivity contribution is 9.11. The molecule has 0 atom stereocenters. The molecular formula is C12H16BrN3S2. The zero-order valence-corrected chi connectivity index (χ0v) is 13.9. The van der Waals surface area contributed by atoms with Crippen LogP contribution < -0.4 is 5.32 Å². The van der Waals surface area contributed by atoms with Gasteiger partial charge < -0.3 is 5.32 Å². The normalized spacial score (nSPS) is 11.4. The fourth-order valence-corrected chi connectivity index (χ4v) is 3.84. The van der Waals surface area contributed by atoms with E-state index in [9.17, 15) is 0 Å². The van der Waals surface area contributed by atoms with Gasteiger partial charge in [-0.05, 0) is 46.9 Å². The average Bonchev–Trinajstić information content (AvgIpc) is 2.87. The summed E-state index contributed by atoms with van der Waals surface area (Å²) in [4.78, 5) is 1.19. The Labute approximate surface area is 124 Å². The molecule has 98 valence electrons. The number of aryl methyl sites for hydroxylation is 1. The Morgan fingerprint density at radius 1 is 1.33 bits per heavy atom. The van der Waals surface area contributed by atoms with Gasteiger partial charge in [0.25, 0.3) is 0 Å². The van der Waals surface area contributed by atoms with E-state index in [2.05, 4.69) is 58.3 Å². The van der Waals surface area contributed by atoms with E-state index >= 15 is 0 Å². The van der Waals surface area contributed by atoms with Crippen LogP contribution in [0.4, 0.5) is 0 Å². The van der Waals surface area contributed by atoms with E-state index in [1.54, 1.807) is 22.7 Å². The maximum atomic E-state index is 4.26. The number of aromatic nitrogens is 2. The highest BCUT2D eigenvalue weighted by Crippen LogP contribution is 2.35. The van der Waals surface area contributed by atoms with Crippen LogP contribution in [0.5, 0.6) is 0 Å². The first-order valence-electron chi connectivity index (χ1n) is 5.85. The smallest absolute Gasteiger partial charge is 0.157 e. The highest BCUT2D eigenvalue weighted by Gasteiger charge is 2.10. The predicted molar refractivity (Wildman–Crippen MR) is 82.2 cm³/mol. The molecule has 1 N–H and O–H groups in total. The van der Waals surface area contributed by atoms with Crippen LogP contribution in [-0.2, 0) is 6.54 Å². The summed E-state index contributed by atoms with van der Waals surface area (Å²) in [5, 5.41) is 13.9. The fourth-order valence-electron chi connectivity index (χ4n) is 1.46. The Morgan fingerprint density at radius 3 is 2.72 bits per heavy atom. The van der Waals surface area contributed by atoms with Crippen molar-refractivity contribution < 1.29 is 0 Å². The Balaban J connectivity index is 2.01. The Kier molecular flexibility index (Phi) is 4.89. The van der Waals surface area contributed by atoms with Gasteiger partial charge in [-0.25, -0.2) is 0 Å². The molecule has 3 nitrogen and oxygen atoms in total. The molecule has 0 saturated heterocycles. The number of nitrogens with one attached hydrogen (secondary N) is 1. The minimum atomic E-state index is 0.660. The van der Waals surface area contributed by atoms with Crippen molar-refractivity contribution in [3.05, 3.63) is 20.4 Å². The molecule has 6 heteroatoms. The molecule has 0 aliphatic heterocycles. The zero-order valence-electron chi connectivity index (χ0n) is 10.7. The van der Waals surface area contributed by atoms with Gasteiger partial charge in [0.1, 0.15) is 5.01 Å². The molecule has 2 aromatic heterocycles. The standard InChI is InChI=1S/C12H16BrN3S2/c1-7(2)5-14-6-10-15-16-12(18-10)9-4-8(3)11(13)17-9/h4,7,14H,5-6H2,1-3H3. The van der Waals surface area contributed by atoms with E-state index in [4.69, 9.17) is 0 Å². The minimum absolute atomic E-state index is 0.660. The first-order valence-corrected chi connectivity index (χ1v) is 8.28. The summed E-state index contributed by atoms with van der Waals surface area (Å²) in [5.41, 5.74) is 1.25. The average molecular weight is 346 g/mol. The van der Waals surface area contributed by atoms with E-state index in [1.165, 1.54) is 14.2 Å². The van der Waals surface area contributed by atoms with Crippen LogP contribution in [0.3, 0.4) is 0 Å². The predicted octanol–water partition coefficient (Wildman–Crippen LogP) is 4.08. The van der Waals surface area contributed by atoms with Crippen LogP contribution in [0, 0.1) is 12.8 Å². The van der Waals surface area contributed by atoms with Gasteiger partial charge in [-0.1, -0.05) is 25.2 Å². The molecule has 0 aromatic carbocycles. The summed E-state index contributed by atoms with van der Waals surface area (Å²) in [6.07, 6.45) is 0. The number of hydrogen-bond acceptors (Lipinski definition) is 5. The van der Waals surface area contributed by atoms with E-state index in [0.29, 0.717) is 5.92 Å². The van der Waals surface area contributed by atoms with Crippen LogP contribution in [0.25, 0.3) is 9.88 Å². The summed E-state index contributed by atoms with van der Waals surface area (Å²) in [6.45, 7) is 8.31. The lowest BCUT2D eigenvalue weighted by molar-refractivity contribution is 0.550. The van der Waals surface area contributed by atoms with E-state index in [-0.39, 0.29) is 0 Å². The van der Waals surface area contributed by atoms with Gasteiger partial charge in [0.2, 0.25) is 0 Å². The summed E-state index contributed by atoms with van der Waals surface area (Å²) < 4.78 is 1.17. The Bertz CT molecular complexity index is 500. The summed E-state index contributed by atoms with van der Waals surface area (Å²) in [6, 6.07) is 2.15. The number of halogens is 1. The number of rotatable bonds is 5. The molecule has 0 amide bonds. The van der Waals surface area contributed by atoms with E-state index in [0.717, 1.165) is 23.1 Å². The van der Waals surface area contributed by atoms with E-state index in [1.807, 2.05) is 0 Å². The highest BCUT2D eigenvalue weighted by atomic mass is 79.9. The van der Waals surface area contributed by atoms with Crippen molar-refractivity contribution in [3.8, 4) is 9.88 Å². The van der Waals surface area contributed by atoms with Crippen molar-refractivity contribution in [2.45, 2.75) is 27.3 Å². The van der Waals surface area contributed by atoms with Crippen LogP contribution in [0.1, 0.15) is 24.4 Å². The third-order valence-corrected chi connectivity index (χ3v) is 5.59. The first-order chi connectivity index (χ1) is 8.56. The first kappa shape index (κ1) is 14.1. The fraction of sp³-hybridized carbons (Fsp3) is 0.500. The molecule has 2 aromatic rings. The third kappa shape index (κ3) is 3.60. The number of thiophene rings is 1. The molecule has 2 rings (SSSR count). The molecule has 0 radical (unpaired) electrons. The molecule has 2 heterocycles. The minimum Gasteiger partial charge on any atom is -0.310 e. The lowest BCUT2D eigenvalue weighted by Crippen LogP contribution is -2.18. The van der Waals surface area contributed by atoms with Crippen molar-refractivity contribution in [1.82, 2.24) is 15.5 Å². The maximum absolute atomic E-state index is 4.26. The molecule has 0 spiro atoms. The van der Waals surface area contributed by atoms with Crippen LogP contribution in [0.15, 0.2) is 9.85 Å². The Hall–Kier alpha value is -0.300.